The number of hydrazone groups is 1. The fourth-order valence-electron chi connectivity index (χ4n) is 2.72. The second-order valence-corrected chi connectivity index (χ2v) is 6.71. The number of hydrogen-bond donors (Lipinski definition) is 1. The Kier molecular flexibility index (Phi) is 7.68. The molecule has 0 spiro atoms. The molecule has 0 bridgehead atoms. The summed E-state index contributed by atoms with van der Waals surface area (Å²) in [5.74, 6) is -1.87. The van der Waals surface area contributed by atoms with E-state index in [1.807, 2.05) is 13.8 Å². The van der Waals surface area contributed by atoms with E-state index in [-0.39, 0.29) is 22.6 Å². The number of carbonyl (C=O) groups excluding carboxylic acids is 1. The van der Waals surface area contributed by atoms with Crippen LogP contribution in [0.5, 0.6) is 0 Å². The summed E-state index contributed by atoms with van der Waals surface area (Å²) >= 11 is 0. The Labute approximate surface area is 177 Å². The largest absolute Gasteiger partial charge is 0.416 e. The first-order chi connectivity index (χ1) is 14.6. The Bertz CT molecular complexity index is 1010. The van der Waals surface area contributed by atoms with E-state index in [4.69, 9.17) is 5.73 Å². The molecule has 2 aromatic rings. The van der Waals surface area contributed by atoms with Gasteiger partial charge in [-0.15, -0.1) is 0 Å². The lowest BCUT2D eigenvalue weighted by molar-refractivity contribution is -0.137. The van der Waals surface area contributed by atoms with Crippen LogP contribution in [0.2, 0.25) is 0 Å². The highest BCUT2D eigenvalue weighted by Crippen LogP contribution is 2.30. The summed E-state index contributed by atoms with van der Waals surface area (Å²) in [5, 5.41) is 5.57. The van der Waals surface area contributed by atoms with E-state index in [2.05, 4.69) is 16.7 Å². The van der Waals surface area contributed by atoms with Gasteiger partial charge in [-0.25, -0.2) is 9.99 Å². The third-order valence-electron chi connectivity index (χ3n) is 4.54. The molecule has 164 valence electrons. The van der Waals surface area contributed by atoms with E-state index < -0.39 is 23.6 Å². The Morgan fingerprint density at radius 3 is 2.55 bits per heavy atom. The van der Waals surface area contributed by atoms with E-state index in [9.17, 15) is 22.4 Å². The molecule has 1 atom stereocenters. The van der Waals surface area contributed by atoms with Crippen molar-refractivity contribution in [1.82, 2.24) is 9.99 Å². The maximum absolute atomic E-state index is 13.5. The second-order valence-electron chi connectivity index (χ2n) is 6.71. The van der Waals surface area contributed by atoms with Crippen molar-refractivity contribution in [3.8, 4) is 0 Å². The number of aromatic nitrogens is 1. The van der Waals surface area contributed by atoms with E-state index in [1.165, 1.54) is 41.8 Å². The van der Waals surface area contributed by atoms with Gasteiger partial charge in [0, 0.05) is 30.6 Å². The molecule has 0 aliphatic heterocycles. The van der Waals surface area contributed by atoms with Crippen LogP contribution >= 0.6 is 0 Å². The van der Waals surface area contributed by atoms with Crippen LogP contribution in [0.25, 0.3) is 5.57 Å². The molecule has 0 saturated carbocycles. The molecule has 9 heteroatoms. The highest BCUT2D eigenvalue weighted by molar-refractivity contribution is 6.18. The molecule has 31 heavy (non-hydrogen) atoms. The van der Waals surface area contributed by atoms with Crippen molar-refractivity contribution >= 4 is 17.2 Å². The van der Waals surface area contributed by atoms with Gasteiger partial charge in [0.15, 0.2) is 0 Å². The van der Waals surface area contributed by atoms with Crippen LogP contribution in [0.15, 0.2) is 66.7 Å². The number of benzene rings is 1. The van der Waals surface area contributed by atoms with Gasteiger partial charge in [0.1, 0.15) is 0 Å². The maximum atomic E-state index is 13.5. The lowest BCUT2D eigenvalue weighted by atomic mass is 9.95. The molecule has 1 aromatic carbocycles. The van der Waals surface area contributed by atoms with Crippen LogP contribution in [0, 0.1) is 11.9 Å². The topological polar surface area (TPSA) is 71.6 Å². The SMILES string of the molecule is C=CN(/C=C(\C(N)=O)c1ccnc(F)c1)/N=C(/c1cccc(C(F)(F)F)c1)C(C)CC. The zero-order chi connectivity index (χ0) is 23.2. The smallest absolute Gasteiger partial charge is 0.366 e. The predicted molar refractivity (Wildman–Crippen MR) is 111 cm³/mol. The Morgan fingerprint density at radius 1 is 1.29 bits per heavy atom. The molecule has 1 amide bonds. The molecule has 0 radical (unpaired) electrons. The Balaban J connectivity index is 2.58. The van der Waals surface area contributed by atoms with Crippen molar-refractivity contribution in [3.05, 3.63) is 84.2 Å². The minimum absolute atomic E-state index is 0.0718. The van der Waals surface area contributed by atoms with Crippen molar-refractivity contribution in [1.29, 1.82) is 0 Å². The summed E-state index contributed by atoms with van der Waals surface area (Å²) in [5.41, 5.74) is 5.37. The van der Waals surface area contributed by atoms with Crippen molar-refractivity contribution in [2.24, 2.45) is 16.8 Å². The predicted octanol–water partition coefficient (Wildman–Crippen LogP) is 4.96. The van der Waals surface area contributed by atoms with Crippen molar-refractivity contribution in [3.63, 3.8) is 0 Å². The number of alkyl halides is 3. The normalized spacial score (nSPS) is 13.6. The molecular formula is C22H22F4N4O. The Hall–Kier alpha value is -3.49. The summed E-state index contributed by atoms with van der Waals surface area (Å²) in [7, 11) is 0. The number of halogens is 4. The second kappa shape index (κ2) is 10.0. The fourth-order valence-corrected chi connectivity index (χ4v) is 2.72. The van der Waals surface area contributed by atoms with E-state index >= 15 is 0 Å². The summed E-state index contributed by atoms with van der Waals surface area (Å²) in [6, 6.07) is 7.25. The van der Waals surface area contributed by atoms with Crippen LogP contribution < -0.4 is 5.73 Å². The number of pyridine rings is 1. The molecule has 2 rings (SSSR count). The van der Waals surface area contributed by atoms with Gasteiger partial charge in [0.2, 0.25) is 5.95 Å². The number of carbonyl (C=O) groups is 1. The zero-order valence-corrected chi connectivity index (χ0v) is 17.0. The minimum atomic E-state index is -4.50. The van der Waals surface area contributed by atoms with Crippen LogP contribution in [0.1, 0.15) is 37.0 Å². The van der Waals surface area contributed by atoms with Gasteiger partial charge in [-0.2, -0.15) is 22.7 Å². The van der Waals surface area contributed by atoms with Gasteiger partial charge >= 0.3 is 6.18 Å². The number of primary amides is 1. The van der Waals surface area contributed by atoms with Gasteiger partial charge < -0.3 is 5.73 Å². The quantitative estimate of drug-likeness (QED) is 0.210. The first-order valence-electron chi connectivity index (χ1n) is 9.37. The van der Waals surface area contributed by atoms with Crippen LogP contribution in [0.3, 0.4) is 0 Å². The molecule has 0 fully saturated rings. The lowest BCUT2D eigenvalue weighted by Gasteiger charge is -2.19. The molecule has 1 aromatic heterocycles. The number of nitrogens with zero attached hydrogens (tertiary/aromatic N) is 3. The number of nitrogens with two attached hydrogens (primary N) is 1. The number of hydrogen-bond acceptors (Lipinski definition) is 4. The summed E-state index contributed by atoms with van der Waals surface area (Å²) in [4.78, 5) is 15.4. The van der Waals surface area contributed by atoms with Crippen molar-refractivity contribution in [2.45, 2.75) is 26.4 Å². The monoisotopic (exact) mass is 434 g/mol. The van der Waals surface area contributed by atoms with E-state index in [0.717, 1.165) is 18.2 Å². The zero-order valence-electron chi connectivity index (χ0n) is 17.0. The van der Waals surface area contributed by atoms with Gasteiger partial charge in [-0.05, 0) is 35.7 Å². The number of rotatable bonds is 8. The third kappa shape index (κ3) is 6.24. The molecule has 0 saturated heterocycles. The highest BCUT2D eigenvalue weighted by atomic mass is 19.4. The average Bonchev–Trinajstić information content (AvgIpc) is 2.72. The van der Waals surface area contributed by atoms with Crippen molar-refractivity contribution in [2.75, 3.05) is 0 Å². The summed E-state index contributed by atoms with van der Waals surface area (Å²) in [6.07, 6.45) is -0.228. The maximum Gasteiger partial charge on any atom is 0.416 e. The van der Waals surface area contributed by atoms with Gasteiger partial charge in [-0.3, -0.25) is 4.79 Å². The summed E-state index contributed by atoms with van der Waals surface area (Å²) in [6.45, 7) is 7.32. The molecule has 1 unspecified atom stereocenters. The van der Waals surface area contributed by atoms with E-state index in [0.29, 0.717) is 12.1 Å². The van der Waals surface area contributed by atoms with Crippen LogP contribution in [-0.4, -0.2) is 21.6 Å². The average molecular weight is 434 g/mol. The Morgan fingerprint density at radius 2 is 2.00 bits per heavy atom. The highest BCUT2D eigenvalue weighted by Gasteiger charge is 2.31. The standard InChI is InChI=1S/C22H22F4N4O/c1-4-14(3)20(16-7-6-8-17(11-16)22(24,25)26)29-30(5-2)13-18(21(27)31)15-9-10-28-19(23)12-15/h5-14H,2,4H2,1,3H3,(H2,27,31)/b18-13-,29-20+. The first-order valence-corrected chi connectivity index (χ1v) is 9.37. The van der Waals surface area contributed by atoms with Crippen LogP contribution in [-0.2, 0) is 11.0 Å². The van der Waals surface area contributed by atoms with Crippen molar-refractivity contribution < 1.29 is 22.4 Å². The van der Waals surface area contributed by atoms with Crippen LogP contribution in [0.4, 0.5) is 17.6 Å². The molecule has 1 heterocycles. The van der Waals surface area contributed by atoms with Gasteiger partial charge in [0.25, 0.3) is 5.91 Å². The summed E-state index contributed by atoms with van der Waals surface area (Å²) < 4.78 is 53.0. The molecule has 5 nitrogen and oxygen atoms in total. The molecule has 0 aliphatic carbocycles. The third-order valence-corrected chi connectivity index (χ3v) is 4.54. The molecule has 2 N–H and O–H groups in total. The van der Waals surface area contributed by atoms with E-state index in [1.54, 1.807) is 0 Å². The lowest BCUT2D eigenvalue weighted by Crippen LogP contribution is -2.19. The molecular weight excluding hydrogens is 412 g/mol. The first kappa shape index (κ1) is 23.8. The number of amides is 1. The fraction of sp³-hybridized carbons (Fsp3) is 0.227. The minimum Gasteiger partial charge on any atom is -0.366 e. The molecule has 0 aliphatic rings. The van der Waals surface area contributed by atoms with Gasteiger partial charge in [0.05, 0.1) is 16.8 Å². The van der Waals surface area contributed by atoms with Gasteiger partial charge in [-0.1, -0.05) is 32.6 Å².